The van der Waals surface area contributed by atoms with Crippen molar-refractivity contribution in [3.05, 3.63) is 47.2 Å². The number of aryl methyl sites for hydroxylation is 1. The number of nitrogens with two attached hydrogens (primary N) is 1. The summed E-state index contributed by atoms with van der Waals surface area (Å²) in [5.74, 6) is 0.271. The van der Waals surface area contributed by atoms with Gasteiger partial charge in [0.25, 0.3) is 0 Å². The van der Waals surface area contributed by atoms with E-state index in [4.69, 9.17) is 5.73 Å². The normalized spacial score (nSPS) is 13.5. The predicted molar refractivity (Wildman–Crippen MR) is 63.1 cm³/mol. The number of aliphatic hydroxyl groups is 1. The molecule has 0 aliphatic carbocycles. The molecule has 1 aromatic carbocycles. The fourth-order valence-electron chi connectivity index (χ4n) is 1.71. The molecule has 2 aromatic rings. The number of aromatic nitrogens is 2. The Labute approximate surface area is 107 Å². The van der Waals surface area contributed by atoms with Crippen molar-refractivity contribution in [1.82, 2.24) is 9.78 Å². The van der Waals surface area contributed by atoms with Crippen LogP contribution in [0.3, 0.4) is 0 Å². The number of halogens is 3. The molecular formula is C12H12F3N3O. The molecule has 102 valence electrons. The van der Waals surface area contributed by atoms with Gasteiger partial charge in [0.15, 0.2) is 0 Å². The first-order valence-electron chi connectivity index (χ1n) is 5.43. The van der Waals surface area contributed by atoms with Crippen LogP contribution in [-0.4, -0.2) is 14.9 Å². The summed E-state index contributed by atoms with van der Waals surface area (Å²) in [5, 5.41) is 13.9. The zero-order chi connectivity index (χ0) is 14.2. The zero-order valence-electron chi connectivity index (χ0n) is 10.0. The average molecular weight is 271 g/mol. The van der Waals surface area contributed by atoms with E-state index in [0.717, 1.165) is 12.1 Å². The number of nitrogen functional groups attached to an aromatic ring is 1. The van der Waals surface area contributed by atoms with Crippen LogP contribution in [0.1, 0.15) is 22.8 Å². The summed E-state index contributed by atoms with van der Waals surface area (Å²) >= 11 is 0. The van der Waals surface area contributed by atoms with Gasteiger partial charge in [-0.3, -0.25) is 4.68 Å². The van der Waals surface area contributed by atoms with Crippen molar-refractivity contribution in [2.45, 2.75) is 12.3 Å². The maximum absolute atomic E-state index is 12.4. The predicted octanol–water partition coefficient (Wildman–Crippen LogP) is 2.10. The van der Waals surface area contributed by atoms with Crippen molar-refractivity contribution in [3.8, 4) is 0 Å². The molecule has 19 heavy (non-hydrogen) atoms. The van der Waals surface area contributed by atoms with Crippen molar-refractivity contribution in [2.24, 2.45) is 7.05 Å². The number of hydrogen-bond acceptors (Lipinski definition) is 3. The molecule has 0 aliphatic rings. The van der Waals surface area contributed by atoms with Gasteiger partial charge in [-0.25, -0.2) is 0 Å². The van der Waals surface area contributed by atoms with Crippen molar-refractivity contribution in [1.29, 1.82) is 0 Å². The number of nitrogens with zero attached hydrogens (tertiary/aromatic N) is 2. The second kappa shape index (κ2) is 4.58. The Morgan fingerprint density at radius 3 is 2.26 bits per heavy atom. The first-order chi connectivity index (χ1) is 8.80. The number of benzene rings is 1. The molecule has 3 N–H and O–H groups in total. The van der Waals surface area contributed by atoms with E-state index >= 15 is 0 Å². The highest BCUT2D eigenvalue weighted by Gasteiger charge is 2.30. The third kappa shape index (κ3) is 2.55. The maximum atomic E-state index is 12.4. The minimum absolute atomic E-state index is 0.271. The van der Waals surface area contributed by atoms with Crippen LogP contribution in [0.2, 0.25) is 0 Å². The molecule has 0 amide bonds. The summed E-state index contributed by atoms with van der Waals surface area (Å²) in [5.41, 5.74) is 5.63. The van der Waals surface area contributed by atoms with E-state index in [1.807, 2.05) is 0 Å². The fourth-order valence-corrected chi connectivity index (χ4v) is 1.71. The Hall–Kier alpha value is -2.02. The largest absolute Gasteiger partial charge is 0.416 e. The number of rotatable bonds is 2. The minimum atomic E-state index is -4.39. The fraction of sp³-hybridized carbons (Fsp3) is 0.250. The molecule has 1 aromatic heterocycles. The smallest absolute Gasteiger partial charge is 0.384 e. The van der Waals surface area contributed by atoms with Gasteiger partial charge in [0.05, 0.1) is 11.8 Å². The first-order valence-corrected chi connectivity index (χ1v) is 5.43. The van der Waals surface area contributed by atoms with Crippen LogP contribution in [-0.2, 0) is 13.2 Å². The van der Waals surface area contributed by atoms with Gasteiger partial charge in [-0.1, -0.05) is 12.1 Å². The van der Waals surface area contributed by atoms with Crippen LogP contribution in [0.4, 0.5) is 19.0 Å². The molecule has 0 saturated heterocycles. The molecule has 0 bridgehead atoms. The highest BCUT2D eigenvalue weighted by molar-refractivity contribution is 5.44. The highest BCUT2D eigenvalue weighted by atomic mass is 19.4. The lowest BCUT2D eigenvalue weighted by molar-refractivity contribution is -0.137. The molecule has 0 spiro atoms. The van der Waals surface area contributed by atoms with E-state index in [0.29, 0.717) is 11.1 Å². The van der Waals surface area contributed by atoms with Crippen molar-refractivity contribution >= 4 is 5.82 Å². The molecule has 0 aliphatic heterocycles. The molecule has 2 rings (SSSR count). The second-order valence-corrected chi connectivity index (χ2v) is 4.13. The van der Waals surface area contributed by atoms with E-state index in [9.17, 15) is 18.3 Å². The lowest BCUT2D eigenvalue weighted by Crippen LogP contribution is -2.07. The number of aliphatic hydroxyl groups excluding tert-OH is 1. The lowest BCUT2D eigenvalue weighted by Gasteiger charge is -2.12. The summed E-state index contributed by atoms with van der Waals surface area (Å²) < 4.78 is 38.6. The Balaban J connectivity index is 2.30. The van der Waals surface area contributed by atoms with Crippen LogP contribution >= 0.6 is 0 Å². The molecular weight excluding hydrogens is 259 g/mol. The van der Waals surface area contributed by atoms with E-state index in [-0.39, 0.29) is 5.82 Å². The van der Waals surface area contributed by atoms with Gasteiger partial charge in [-0.2, -0.15) is 18.3 Å². The lowest BCUT2D eigenvalue weighted by atomic mass is 10.0. The van der Waals surface area contributed by atoms with Gasteiger partial charge in [0.1, 0.15) is 11.9 Å². The molecule has 1 unspecified atom stereocenters. The maximum Gasteiger partial charge on any atom is 0.416 e. The molecule has 1 atom stereocenters. The van der Waals surface area contributed by atoms with E-state index in [1.54, 1.807) is 7.05 Å². The van der Waals surface area contributed by atoms with Gasteiger partial charge >= 0.3 is 6.18 Å². The number of hydrogen-bond donors (Lipinski definition) is 2. The average Bonchev–Trinajstić information content (AvgIpc) is 2.68. The molecule has 1 heterocycles. The third-order valence-electron chi connectivity index (χ3n) is 2.86. The summed E-state index contributed by atoms with van der Waals surface area (Å²) in [6, 6.07) is 4.29. The summed E-state index contributed by atoms with van der Waals surface area (Å²) in [6.45, 7) is 0. The molecule has 7 heteroatoms. The zero-order valence-corrected chi connectivity index (χ0v) is 10.0. The summed E-state index contributed by atoms with van der Waals surface area (Å²) in [7, 11) is 1.61. The van der Waals surface area contributed by atoms with Crippen molar-refractivity contribution in [3.63, 3.8) is 0 Å². The number of anilines is 1. The molecule has 4 nitrogen and oxygen atoms in total. The van der Waals surface area contributed by atoms with Crippen LogP contribution in [0.5, 0.6) is 0 Å². The monoisotopic (exact) mass is 271 g/mol. The summed E-state index contributed by atoms with van der Waals surface area (Å²) in [4.78, 5) is 0. The van der Waals surface area contributed by atoms with Gasteiger partial charge in [0, 0.05) is 12.6 Å². The van der Waals surface area contributed by atoms with Crippen LogP contribution < -0.4 is 5.73 Å². The van der Waals surface area contributed by atoms with Crippen molar-refractivity contribution in [2.75, 3.05) is 5.73 Å². The SMILES string of the molecule is Cn1ncc(C(O)c2ccc(C(F)(F)F)cc2)c1N. The topological polar surface area (TPSA) is 64.1 Å². The molecule has 0 fully saturated rings. The van der Waals surface area contributed by atoms with Gasteiger partial charge in [0.2, 0.25) is 0 Å². The molecule has 0 saturated carbocycles. The number of alkyl halides is 3. The van der Waals surface area contributed by atoms with E-state index < -0.39 is 17.8 Å². The first kappa shape index (κ1) is 13.4. The standard InChI is InChI=1S/C12H12F3N3O/c1-18-11(16)9(6-17-18)10(19)7-2-4-8(5-3-7)12(13,14)15/h2-6,10,19H,16H2,1H3. The Bertz CT molecular complexity index is 575. The Morgan fingerprint density at radius 1 is 1.26 bits per heavy atom. The van der Waals surface area contributed by atoms with E-state index in [1.165, 1.54) is 23.0 Å². The minimum Gasteiger partial charge on any atom is -0.384 e. The molecule has 0 radical (unpaired) electrons. The highest BCUT2D eigenvalue weighted by Crippen LogP contribution is 2.31. The van der Waals surface area contributed by atoms with Crippen LogP contribution in [0, 0.1) is 0 Å². The third-order valence-corrected chi connectivity index (χ3v) is 2.86. The van der Waals surface area contributed by atoms with Gasteiger partial charge in [-0.15, -0.1) is 0 Å². The quantitative estimate of drug-likeness (QED) is 0.879. The van der Waals surface area contributed by atoms with E-state index in [2.05, 4.69) is 5.10 Å². The second-order valence-electron chi connectivity index (χ2n) is 4.13. The van der Waals surface area contributed by atoms with Gasteiger partial charge < -0.3 is 10.8 Å². The van der Waals surface area contributed by atoms with Gasteiger partial charge in [-0.05, 0) is 17.7 Å². The Morgan fingerprint density at radius 2 is 1.84 bits per heavy atom. The van der Waals surface area contributed by atoms with Crippen LogP contribution in [0.15, 0.2) is 30.5 Å². The Kier molecular flexibility index (Phi) is 3.23. The van der Waals surface area contributed by atoms with Crippen molar-refractivity contribution < 1.29 is 18.3 Å². The summed E-state index contributed by atoms with van der Waals surface area (Å²) in [6.07, 6.45) is -4.11. The van der Waals surface area contributed by atoms with Crippen LogP contribution in [0.25, 0.3) is 0 Å².